The van der Waals surface area contributed by atoms with Crippen LogP contribution in [0.4, 0.5) is 0 Å². The standard InChI is InChI=1S/C23H39N3O2.HI/c1-3-24-22(26-20-23(15-18-27-2)13-7-8-14-23)25-16-9-10-17-28-19-21-11-5-4-6-12-21;/h4-6,11-12H,3,7-10,13-20H2,1-2H3,(H2,24,25,26);1H. The summed E-state index contributed by atoms with van der Waals surface area (Å²) in [4.78, 5) is 4.90. The minimum atomic E-state index is 0. The summed E-state index contributed by atoms with van der Waals surface area (Å²) in [7, 11) is 1.79. The first-order valence-electron chi connectivity index (χ1n) is 10.9. The summed E-state index contributed by atoms with van der Waals surface area (Å²) in [5, 5.41) is 6.86. The molecule has 0 unspecified atom stereocenters. The van der Waals surface area contributed by atoms with E-state index in [1.807, 2.05) is 6.07 Å². The van der Waals surface area contributed by atoms with Gasteiger partial charge in [-0.2, -0.15) is 0 Å². The van der Waals surface area contributed by atoms with E-state index in [-0.39, 0.29) is 24.0 Å². The molecule has 0 saturated heterocycles. The normalized spacial score (nSPS) is 15.7. The summed E-state index contributed by atoms with van der Waals surface area (Å²) < 4.78 is 11.1. The number of nitrogens with zero attached hydrogens (tertiary/aromatic N) is 1. The molecule has 0 bridgehead atoms. The van der Waals surface area contributed by atoms with E-state index in [1.165, 1.54) is 31.2 Å². The second kappa shape index (κ2) is 15.9. The number of aliphatic imine (C=N–C) groups is 1. The second-order valence-corrected chi connectivity index (χ2v) is 7.82. The Labute approximate surface area is 194 Å². The molecule has 1 saturated carbocycles. The maximum absolute atomic E-state index is 5.75. The highest BCUT2D eigenvalue weighted by molar-refractivity contribution is 14.0. The topological polar surface area (TPSA) is 54.9 Å². The lowest BCUT2D eigenvalue weighted by molar-refractivity contribution is 0.117. The Bertz CT molecular complexity index is 548. The monoisotopic (exact) mass is 517 g/mol. The van der Waals surface area contributed by atoms with E-state index in [4.69, 9.17) is 14.5 Å². The van der Waals surface area contributed by atoms with Crippen LogP contribution >= 0.6 is 24.0 Å². The van der Waals surface area contributed by atoms with Crippen molar-refractivity contribution in [2.75, 3.05) is 40.0 Å². The average molecular weight is 517 g/mol. The third-order valence-electron chi connectivity index (χ3n) is 5.54. The van der Waals surface area contributed by atoms with Crippen LogP contribution in [0.3, 0.4) is 0 Å². The molecule has 166 valence electrons. The number of hydrogen-bond acceptors (Lipinski definition) is 3. The summed E-state index contributed by atoms with van der Waals surface area (Å²) in [5.41, 5.74) is 1.57. The fourth-order valence-electron chi connectivity index (χ4n) is 3.82. The number of halogens is 1. The molecule has 1 aliphatic rings. The van der Waals surface area contributed by atoms with Crippen molar-refractivity contribution >= 4 is 29.9 Å². The minimum Gasteiger partial charge on any atom is -0.385 e. The van der Waals surface area contributed by atoms with Gasteiger partial charge in [-0.15, -0.1) is 24.0 Å². The zero-order valence-corrected chi connectivity index (χ0v) is 20.6. The number of ether oxygens (including phenoxy) is 2. The fraction of sp³-hybridized carbons (Fsp3) is 0.696. The van der Waals surface area contributed by atoms with E-state index in [0.29, 0.717) is 12.0 Å². The van der Waals surface area contributed by atoms with Crippen LogP contribution in [0.2, 0.25) is 0 Å². The van der Waals surface area contributed by atoms with Gasteiger partial charge in [-0.1, -0.05) is 43.2 Å². The van der Waals surface area contributed by atoms with Crippen molar-refractivity contribution in [3.05, 3.63) is 35.9 Å². The van der Waals surface area contributed by atoms with Crippen molar-refractivity contribution in [3.63, 3.8) is 0 Å². The number of nitrogens with one attached hydrogen (secondary N) is 2. The van der Waals surface area contributed by atoms with E-state index < -0.39 is 0 Å². The highest BCUT2D eigenvalue weighted by Crippen LogP contribution is 2.41. The predicted octanol–water partition coefficient (Wildman–Crippen LogP) is 4.75. The third kappa shape index (κ3) is 10.6. The lowest BCUT2D eigenvalue weighted by atomic mass is 9.83. The molecule has 0 aromatic heterocycles. The quantitative estimate of drug-likeness (QED) is 0.172. The van der Waals surface area contributed by atoms with Crippen molar-refractivity contribution < 1.29 is 9.47 Å². The molecule has 0 amide bonds. The Morgan fingerprint density at radius 3 is 2.52 bits per heavy atom. The maximum Gasteiger partial charge on any atom is 0.191 e. The predicted molar refractivity (Wildman–Crippen MR) is 132 cm³/mol. The van der Waals surface area contributed by atoms with E-state index in [2.05, 4.69) is 41.8 Å². The van der Waals surface area contributed by atoms with Gasteiger partial charge >= 0.3 is 0 Å². The lowest BCUT2D eigenvalue weighted by Gasteiger charge is -2.27. The molecule has 1 aromatic rings. The highest BCUT2D eigenvalue weighted by Gasteiger charge is 2.33. The highest BCUT2D eigenvalue weighted by atomic mass is 127. The van der Waals surface area contributed by atoms with Crippen LogP contribution in [0, 0.1) is 5.41 Å². The van der Waals surface area contributed by atoms with E-state index >= 15 is 0 Å². The molecule has 0 spiro atoms. The molecule has 1 fully saturated rings. The first kappa shape index (κ1) is 26.2. The zero-order valence-electron chi connectivity index (χ0n) is 18.3. The minimum absolute atomic E-state index is 0. The summed E-state index contributed by atoms with van der Waals surface area (Å²) in [6, 6.07) is 10.3. The van der Waals surface area contributed by atoms with Crippen molar-refractivity contribution in [2.45, 2.75) is 58.5 Å². The molecule has 2 N–H and O–H groups in total. The van der Waals surface area contributed by atoms with Crippen LogP contribution in [-0.2, 0) is 16.1 Å². The van der Waals surface area contributed by atoms with Gasteiger partial charge in [-0.25, -0.2) is 0 Å². The Kier molecular flexibility index (Phi) is 14.4. The summed E-state index contributed by atoms with van der Waals surface area (Å²) >= 11 is 0. The van der Waals surface area contributed by atoms with Gasteiger partial charge in [0, 0.05) is 40.0 Å². The SMILES string of the molecule is CCNC(=NCC1(CCOC)CCCC1)NCCCCOCc1ccccc1.I. The van der Waals surface area contributed by atoms with Crippen LogP contribution in [0.5, 0.6) is 0 Å². The fourth-order valence-corrected chi connectivity index (χ4v) is 3.82. The molecule has 6 heteroatoms. The number of guanidine groups is 1. The van der Waals surface area contributed by atoms with Crippen LogP contribution in [-0.4, -0.2) is 45.9 Å². The van der Waals surface area contributed by atoms with Gasteiger partial charge in [0.2, 0.25) is 0 Å². The van der Waals surface area contributed by atoms with Gasteiger partial charge in [0.05, 0.1) is 6.61 Å². The summed E-state index contributed by atoms with van der Waals surface area (Å²) in [5.74, 6) is 0.941. The molecule has 0 radical (unpaired) electrons. The molecule has 1 aromatic carbocycles. The van der Waals surface area contributed by atoms with E-state index in [0.717, 1.165) is 58.1 Å². The molecule has 0 aliphatic heterocycles. The third-order valence-corrected chi connectivity index (χ3v) is 5.54. The number of benzene rings is 1. The summed E-state index contributed by atoms with van der Waals surface area (Å²) in [6.07, 6.45) is 8.45. The van der Waals surface area contributed by atoms with E-state index in [1.54, 1.807) is 7.11 Å². The van der Waals surface area contributed by atoms with Gasteiger partial charge < -0.3 is 20.1 Å². The van der Waals surface area contributed by atoms with Gasteiger partial charge in [0.25, 0.3) is 0 Å². The smallest absolute Gasteiger partial charge is 0.191 e. The number of rotatable bonds is 13. The van der Waals surface area contributed by atoms with Crippen molar-refractivity contribution in [2.24, 2.45) is 10.4 Å². The van der Waals surface area contributed by atoms with Gasteiger partial charge in [-0.3, -0.25) is 4.99 Å². The number of unbranched alkanes of at least 4 members (excludes halogenated alkanes) is 1. The molecular weight excluding hydrogens is 477 g/mol. The number of hydrogen-bond donors (Lipinski definition) is 2. The molecule has 2 rings (SSSR count). The van der Waals surface area contributed by atoms with Crippen molar-refractivity contribution in [1.29, 1.82) is 0 Å². The first-order valence-corrected chi connectivity index (χ1v) is 10.9. The zero-order chi connectivity index (χ0) is 19.9. The maximum atomic E-state index is 5.75. The van der Waals surface area contributed by atoms with Crippen LogP contribution in [0.1, 0.15) is 57.4 Å². The lowest BCUT2D eigenvalue weighted by Crippen LogP contribution is -2.39. The van der Waals surface area contributed by atoms with Crippen LogP contribution in [0.25, 0.3) is 0 Å². The summed E-state index contributed by atoms with van der Waals surface area (Å²) in [6.45, 7) is 7.15. The molecular formula is C23H40IN3O2. The van der Waals surface area contributed by atoms with Gasteiger partial charge in [0.15, 0.2) is 5.96 Å². The van der Waals surface area contributed by atoms with Crippen LogP contribution < -0.4 is 10.6 Å². The molecule has 0 heterocycles. The van der Waals surface area contributed by atoms with Crippen molar-refractivity contribution in [3.8, 4) is 0 Å². The Balaban J connectivity index is 0.00000420. The average Bonchev–Trinajstić information content (AvgIpc) is 3.19. The van der Waals surface area contributed by atoms with Crippen LogP contribution in [0.15, 0.2) is 35.3 Å². The first-order chi connectivity index (χ1) is 13.8. The Morgan fingerprint density at radius 1 is 1.07 bits per heavy atom. The van der Waals surface area contributed by atoms with E-state index in [9.17, 15) is 0 Å². The van der Waals surface area contributed by atoms with Gasteiger partial charge in [0.1, 0.15) is 0 Å². The van der Waals surface area contributed by atoms with Crippen molar-refractivity contribution in [1.82, 2.24) is 10.6 Å². The largest absolute Gasteiger partial charge is 0.385 e. The van der Waals surface area contributed by atoms with Gasteiger partial charge in [-0.05, 0) is 50.0 Å². The Hall–Kier alpha value is -0.860. The number of methoxy groups -OCH3 is 1. The molecule has 5 nitrogen and oxygen atoms in total. The molecule has 29 heavy (non-hydrogen) atoms. The second-order valence-electron chi connectivity index (χ2n) is 7.82. The Morgan fingerprint density at radius 2 is 1.83 bits per heavy atom. The molecule has 1 aliphatic carbocycles. The molecule has 0 atom stereocenters.